The van der Waals surface area contributed by atoms with E-state index in [0.717, 1.165) is 19.3 Å². The third-order valence-corrected chi connectivity index (χ3v) is 3.79. The minimum absolute atomic E-state index is 0. The van der Waals surface area contributed by atoms with Crippen LogP contribution < -0.4 is 11.1 Å². The lowest BCUT2D eigenvalue weighted by Gasteiger charge is -2.19. The molecule has 0 spiro atoms. The van der Waals surface area contributed by atoms with Gasteiger partial charge in [-0.2, -0.15) is 0 Å². The van der Waals surface area contributed by atoms with Crippen molar-refractivity contribution in [1.82, 2.24) is 5.32 Å². The largest absolute Gasteiger partial charge is 0.353 e. The Morgan fingerprint density at radius 3 is 2.68 bits per heavy atom. The van der Waals surface area contributed by atoms with Gasteiger partial charge in [0.2, 0.25) is 5.91 Å². The van der Waals surface area contributed by atoms with Crippen molar-refractivity contribution in [3.63, 3.8) is 0 Å². The Labute approximate surface area is 121 Å². The van der Waals surface area contributed by atoms with Crippen molar-refractivity contribution in [2.45, 2.75) is 38.1 Å². The number of carbonyl (C=O) groups excluding carboxylic acids is 1. The van der Waals surface area contributed by atoms with Gasteiger partial charge >= 0.3 is 0 Å². The first-order valence-electron chi connectivity index (χ1n) is 6.83. The molecular formula is C15H23ClN2O. The van der Waals surface area contributed by atoms with Crippen molar-refractivity contribution in [3.8, 4) is 0 Å². The van der Waals surface area contributed by atoms with Crippen LogP contribution in [-0.2, 0) is 11.2 Å². The summed E-state index contributed by atoms with van der Waals surface area (Å²) < 4.78 is 0. The summed E-state index contributed by atoms with van der Waals surface area (Å²) in [5.41, 5.74) is 6.93. The third-order valence-electron chi connectivity index (χ3n) is 3.79. The van der Waals surface area contributed by atoms with Gasteiger partial charge in [-0.25, -0.2) is 0 Å². The molecule has 4 heteroatoms. The van der Waals surface area contributed by atoms with Crippen molar-refractivity contribution in [1.29, 1.82) is 0 Å². The maximum Gasteiger partial charge on any atom is 0.220 e. The van der Waals surface area contributed by atoms with Crippen molar-refractivity contribution in [3.05, 3.63) is 35.9 Å². The fourth-order valence-corrected chi connectivity index (χ4v) is 2.69. The van der Waals surface area contributed by atoms with E-state index in [1.165, 1.54) is 12.0 Å². The van der Waals surface area contributed by atoms with E-state index in [9.17, 15) is 4.79 Å². The number of hydrogen-bond acceptors (Lipinski definition) is 2. The van der Waals surface area contributed by atoms with Crippen LogP contribution in [0.3, 0.4) is 0 Å². The molecule has 2 rings (SSSR count). The second-order valence-electron chi connectivity index (χ2n) is 5.09. The summed E-state index contributed by atoms with van der Waals surface area (Å²) in [6.45, 7) is 0.684. The number of amides is 1. The van der Waals surface area contributed by atoms with Gasteiger partial charge in [0.15, 0.2) is 0 Å². The molecule has 3 nitrogen and oxygen atoms in total. The number of benzene rings is 1. The van der Waals surface area contributed by atoms with Gasteiger partial charge in [0, 0.05) is 12.5 Å². The molecule has 1 amide bonds. The first-order valence-corrected chi connectivity index (χ1v) is 6.83. The number of halogens is 1. The van der Waals surface area contributed by atoms with Gasteiger partial charge < -0.3 is 11.1 Å². The van der Waals surface area contributed by atoms with Crippen LogP contribution in [0.25, 0.3) is 0 Å². The Morgan fingerprint density at radius 1 is 1.26 bits per heavy atom. The molecule has 1 aromatic carbocycles. The zero-order valence-corrected chi connectivity index (χ0v) is 12.0. The van der Waals surface area contributed by atoms with Crippen LogP contribution in [0, 0.1) is 5.92 Å². The van der Waals surface area contributed by atoms with E-state index in [0.29, 0.717) is 24.9 Å². The SMILES string of the molecule is Cl.NCC1CCCC1NC(=O)CCc1ccccc1. The van der Waals surface area contributed by atoms with Gasteiger partial charge in [-0.15, -0.1) is 12.4 Å². The van der Waals surface area contributed by atoms with Crippen molar-refractivity contribution >= 4 is 18.3 Å². The zero-order valence-electron chi connectivity index (χ0n) is 11.2. The van der Waals surface area contributed by atoms with E-state index in [1.54, 1.807) is 0 Å². The quantitative estimate of drug-likeness (QED) is 0.871. The summed E-state index contributed by atoms with van der Waals surface area (Å²) in [7, 11) is 0. The predicted molar refractivity (Wildman–Crippen MR) is 80.3 cm³/mol. The van der Waals surface area contributed by atoms with E-state index < -0.39 is 0 Å². The molecule has 0 aromatic heterocycles. The first-order chi connectivity index (χ1) is 8.79. The molecular weight excluding hydrogens is 260 g/mol. The third kappa shape index (κ3) is 4.84. The summed E-state index contributed by atoms with van der Waals surface area (Å²) in [6, 6.07) is 10.4. The molecule has 2 unspecified atom stereocenters. The molecule has 0 aliphatic heterocycles. The number of nitrogens with two attached hydrogens (primary N) is 1. The number of nitrogens with one attached hydrogen (secondary N) is 1. The molecule has 0 saturated heterocycles. The highest BCUT2D eigenvalue weighted by atomic mass is 35.5. The van der Waals surface area contributed by atoms with Crippen LogP contribution in [-0.4, -0.2) is 18.5 Å². The minimum Gasteiger partial charge on any atom is -0.353 e. The molecule has 0 heterocycles. The highest BCUT2D eigenvalue weighted by Crippen LogP contribution is 2.24. The van der Waals surface area contributed by atoms with Crippen LogP contribution in [0.1, 0.15) is 31.2 Å². The Kier molecular flexibility index (Phi) is 6.89. The van der Waals surface area contributed by atoms with Crippen LogP contribution in [0.2, 0.25) is 0 Å². The highest BCUT2D eigenvalue weighted by molar-refractivity contribution is 5.85. The number of rotatable bonds is 5. The van der Waals surface area contributed by atoms with Gasteiger partial charge in [-0.1, -0.05) is 36.8 Å². The van der Waals surface area contributed by atoms with E-state index in [1.807, 2.05) is 18.2 Å². The van der Waals surface area contributed by atoms with E-state index in [4.69, 9.17) is 5.73 Å². The Hall–Kier alpha value is -1.06. The van der Waals surface area contributed by atoms with Crippen LogP contribution in [0.4, 0.5) is 0 Å². The molecule has 106 valence electrons. The molecule has 19 heavy (non-hydrogen) atoms. The summed E-state index contributed by atoms with van der Waals surface area (Å²) in [6.07, 6.45) is 4.80. The summed E-state index contributed by atoms with van der Waals surface area (Å²) >= 11 is 0. The lowest BCUT2D eigenvalue weighted by Crippen LogP contribution is -2.39. The first kappa shape index (κ1) is 16.0. The van der Waals surface area contributed by atoms with Crippen molar-refractivity contribution < 1.29 is 4.79 Å². The Morgan fingerprint density at radius 2 is 2.00 bits per heavy atom. The predicted octanol–water partition coefficient (Wildman–Crippen LogP) is 2.28. The average Bonchev–Trinajstić information content (AvgIpc) is 2.85. The van der Waals surface area contributed by atoms with Gasteiger partial charge in [0.05, 0.1) is 0 Å². The van der Waals surface area contributed by atoms with E-state index >= 15 is 0 Å². The lowest BCUT2D eigenvalue weighted by molar-refractivity contribution is -0.122. The lowest BCUT2D eigenvalue weighted by atomic mass is 10.0. The molecule has 1 aromatic rings. The smallest absolute Gasteiger partial charge is 0.220 e. The standard InChI is InChI=1S/C15H22N2O.ClH/c16-11-13-7-4-8-14(13)17-15(18)10-9-12-5-2-1-3-6-12;/h1-3,5-6,13-14H,4,7-11,16H2,(H,17,18);1H. The minimum atomic E-state index is 0. The van der Waals surface area contributed by atoms with E-state index in [-0.39, 0.29) is 18.3 Å². The van der Waals surface area contributed by atoms with E-state index in [2.05, 4.69) is 17.4 Å². The van der Waals surface area contributed by atoms with Crippen LogP contribution in [0.15, 0.2) is 30.3 Å². The van der Waals surface area contributed by atoms with Gasteiger partial charge in [-0.3, -0.25) is 4.79 Å². The van der Waals surface area contributed by atoms with Gasteiger partial charge in [-0.05, 0) is 37.3 Å². The maximum atomic E-state index is 11.9. The topological polar surface area (TPSA) is 55.1 Å². The molecule has 1 saturated carbocycles. The Bertz CT molecular complexity index is 383. The van der Waals surface area contributed by atoms with Crippen LogP contribution >= 0.6 is 12.4 Å². The average molecular weight is 283 g/mol. The second kappa shape index (κ2) is 8.18. The van der Waals surface area contributed by atoms with Crippen LogP contribution in [0.5, 0.6) is 0 Å². The summed E-state index contributed by atoms with van der Waals surface area (Å²) in [5, 5.41) is 3.13. The molecule has 1 aliphatic rings. The normalized spacial score (nSPS) is 21.7. The second-order valence-corrected chi connectivity index (χ2v) is 5.09. The molecule has 2 atom stereocenters. The number of aryl methyl sites for hydroxylation is 1. The van der Waals surface area contributed by atoms with Gasteiger partial charge in [0.25, 0.3) is 0 Å². The Balaban J connectivity index is 0.00000180. The summed E-state index contributed by atoms with van der Waals surface area (Å²) in [5.74, 6) is 0.634. The van der Waals surface area contributed by atoms with Crippen molar-refractivity contribution in [2.75, 3.05) is 6.54 Å². The fourth-order valence-electron chi connectivity index (χ4n) is 2.69. The highest BCUT2D eigenvalue weighted by Gasteiger charge is 2.26. The fraction of sp³-hybridized carbons (Fsp3) is 0.533. The molecule has 0 radical (unpaired) electrons. The number of hydrogen-bond donors (Lipinski definition) is 2. The molecule has 3 N–H and O–H groups in total. The van der Waals surface area contributed by atoms with Crippen molar-refractivity contribution in [2.24, 2.45) is 11.7 Å². The van der Waals surface area contributed by atoms with Gasteiger partial charge in [0.1, 0.15) is 0 Å². The zero-order chi connectivity index (χ0) is 12.8. The summed E-state index contributed by atoms with van der Waals surface area (Å²) in [4.78, 5) is 11.9. The number of carbonyl (C=O) groups is 1. The maximum absolute atomic E-state index is 11.9. The molecule has 1 aliphatic carbocycles. The monoisotopic (exact) mass is 282 g/mol. The molecule has 0 bridgehead atoms. The molecule has 1 fully saturated rings.